The van der Waals surface area contributed by atoms with Crippen LogP contribution in [0.25, 0.3) is 0 Å². The van der Waals surface area contributed by atoms with Gasteiger partial charge in [0.25, 0.3) is 0 Å². The van der Waals surface area contributed by atoms with Crippen LogP contribution < -0.4 is 0 Å². The van der Waals surface area contributed by atoms with Crippen molar-refractivity contribution < 1.29 is 28.0 Å². The zero-order valence-electron chi connectivity index (χ0n) is 15.5. The van der Waals surface area contributed by atoms with Gasteiger partial charge >= 0.3 is 11.9 Å². The van der Waals surface area contributed by atoms with Crippen LogP contribution in [0, 0.1) is 0 Å². The van der Waals surface area contributed by atoms with E-state index in [2.05, 4.69) is 53.7 Å². The van der Waals surface area contributed by atoms with Crippen LogP contribution in [0.2, 0.25) is 0 Å². The van der Waals surface area contributed by atoms with Crippen LogP contribution in [-0.2, 0) is 19.1 Å². The van der Waals surface area contributed by atoms with Crippen molar-refractivity contribution in [2.45, 2.75) is 12.8 Å². The lowest BCUT2D eigenvalue weighted by molar-refractivity contribution is -0.867. The summed E-state index contributed by atoms with van der Waals surface area (Å²) in [6.07, 6.45) is 8.17. The molecule has 0 aromatic carbocycles. The van der Waals surface area contributed by atoms with Crippen LogP contribution in [-0.4, -0.2) is 75.4 Å². The fraction of sp³-hybridized carbons (Fsp3) is 0.556. The molecule has 0 unspecified atom stereocenters. The van der Waals surface area contributed by atoms with Crippen LogP contribution in [0.1, 0.15) is 12.8 Å². The molecule has 0 bridgehead atoms. The molecule has 0 aliphatic rings. The van der Waals surface area contributed by atoms with Crippen LogP contribution in [0.5, 0.6) is 0 Å². The van der Waals surface area contributed by atoms with E-state index in [4.69, 9.17) is 9.47 Å². The van der Waals surface area contributed by atoms with Gasteiger partial charge in [-0.05, 0) is 0 Å². The van der Waals surface area contributed by atoms with E-state index in [1.807, 2.05) is 0 Å². The third-order valence-corrected chi connectivity index (χ3v) is 3.45. The predicted molar refractivity (Wildman–Crippen MR) is 94.6 cm³/mol. The predicted octanol–water partition coefficient (Wildman–Crippen LogP) is 1.85. The number of rotatable bonds is 12. The molecule has 0 rings (SSSR count). The van der Waals surface area contributed by atoms with E-state index in [-0.39, 0.29) is 11.9 Å². The fourth-order valence-corrected chi connectivity index (χ4v) is 1.92. The molecule has 6 nitrogen and oxygen atoms in total. The minimum atomic E-state index is -0.384. The van der Waals surface area contributed by atoms with Gasteiger partial charge in [-0.25, -0.2) is 9.59 Å². The van der Waals surface area contributed by atoms with E-state index in [9.17, 15) is 9.59 Å². The van der Waals surface area contributed by atoms with E-state index < -0.39 is 0 Å². The Morgan fingerprint density at radius 3 is 1.42 bits per heavy atom. The number of hydrogen-bond acceptors (Lipinski definition) is 4. The molecule has 0 saturated heterocycles. The minimum Gasteiger partial charge on any atom is -0.462 e. The third kappa shape index (κ3) is 11.6. The highest BCUT2D eigenvalue weighted by molar-refractivity contribution is 5.81. The minimum absolute atomic E-state index is 0.384. The smallest absolute Gasteiger partial charge is 0.330 e. The summed E-state index contributed by atoms with van der Waals surface area (Å²) < 4.78 is 11.4. The molecule has 6 heteroatoms. The van der Waals surface area contributed by atoms with Crippen LogP contribution in [0.15, 0.2) is 37.7 Å². The Bertz CT molecular complexity index is 426. The summed E-state index contributed by atoms with van der Waals surface area (Å²) in [5, 5.41) is 0. The Morgan fingerprint density at radius 2 is 1.12 bits per heavy atom. The summed E-state index contributed by atoms with van der Waals surface area (Å²) >= 11 is 0. The first-order valence-corrected chi connectivity index (χ1v) is 8.06. The highest BCUT2D eigenvalue weighted by Gasteiger charge is 2.17. The molecule has 0 aliphatic carbocycles. The largest absolute Gasteiger partial charge is 0.462 e. The molecule has 0 N–H and O–H groups in total. The lowest BCUT2D eigenvalue weighted by Gasteiger charge is -2.28. The Hall–Kier alpha value is -1.92. The van der Waals surface area contributed by atoms with Gasteiger partial charge in [-0.3, -0.25) is 8.97 Å². The molecule has 0 amide bonds. The van der Waals surface area contributed by atoms with Crippen molar-refractivity contribution >= 4 is 11.9 Å². The first-order chi connectivity index (χ1) is 11.1. The molecule has 0 radical (unpaired) electrons. The normalized spacial score (nSPS) is 12.0. The number of hydrogen-bond donors (Lipinski definition) is 0. The van der Waals surface area contributed by atoms with E-state index in [0.29, 0.717) is 22.2 Å². The van der Waals surface area contributed by atoms with Crippen molar-refractivity contribution in [1.82, 2.24) is 0 Å². The third-order valence-electron chi connectivity index (χ3n) is 3.45. The highest BCUT2D eigenvalue weighted by atomic mass is 16.5. The molecule has 0 saturated carbocycles. The highest BCUT2D eigenvalue weighted by Crippen LogP contribution is 2.07. The summed E-state index contributed by atoms with van der Waals surface area (Å²) in [5.74, 6) is -0.767. The van der Waals surface area contributed by atoms with Crippen molar-refractivity contribution in [3.8, 4) is 0 Å². The molecule has 0 aliphatic heterocycles. The molecule has 0 atom stereocenters. The lowest BCUT2D eigenvalue weighted by atomic mass is 10.3. The van der Waals surface area contributed by atoms with Crippen LogP contribution in [0.4, 0.5) is 0 Å². The van der Waals surface area contributed by atoms with Crippen molar-refractivity contribution in [1.29, 1.82) is 0 Å². The maximum absolute atomic E-state index is 11.0. The van der Waals surface area contributed by atoms with Crippen molar-refractivity contribution in [2.24, 2.45) is 0 Å². The molecule has 0 heterocycles. The first kappa shape index (κ1) is 22.1. The van der Waals surface area contributed by atoms with E-state index >= 15 is 0 Å². The standard InChI is InChI=1S/C18H32N2O4/c1-7-17(21)23-15-9-11-19(3,4)13-14-20(5,6)12-10-16-24-18(22)8-2/h7-8,13-14H,1-2,9-12,15-16H2,3-6H3/q+2/b14-13-. The summed E-state index contributed by atoms with van der Waals surface area (Å²) in [5.41, 5.74) is 0. The van der Waals surface area contributed by atoms with Gasteiger partial charge in [0.05, 0.1) is 54.5 Å². The number of nitrogens with zero attached hydrogens (tertiary/aromatic N) is 2. The molecule has 0 aromatic heterocycles. The average Bonchev–Trinajstić information content (AvgIpc) is 2.53. The maximum atomic E-state index is 11.0. The molecule has 0 fully saturated rings. The van der Waals surface area contributed by atoms with Gasteiger partial charge in [0, 0.05) is 25.0 Å². The van der Waals surface area contributed by atoms with Gasteiger partial charge in [-0.1, -0.05) is 13.2 Å². The number of ether oxygens (including phenoxy) is 2. The summed E-state index contributed by atoms with van der Waals surface area (Å²) in [6.45, 7) is 9.24. The van der Waals surface area contributed by atoms with Gasteiger partial charge < -0.3 is 9.47 Å². The topological polar surface area (TPSA) is 52.6 Å². The van der Waals surface area contributed by atoms with Crippen molar-refractivity contribution in [2.75, 3.05) is 54.5 Å². The SMILES string of the molecule is C=CC(=O)OCCC[N+](C)(C)/C=C\[N+](C)(C)CCCOC(=O)C=C. The number of carbonyl (C=O) groups excluding carboxylic acids is 2. The number of carbonyl (C=O) groups is 2. The molecule has 0 spiro atoms. The first-order valence-electron chi connectivity index (χ1n) is 8.06. The molecular weight excluding hydrogens is 308 g/mol. The number of quaternary nitrogens is 2. The summed E-state index contributed by atoms with van der Waals surface area (Å²) in [7, 11) is 8.38. The van der Waals surface area contributed by atoms with Gasteiger partial charge in [0.15, 0.2) is 0 Å². The summed E-state index contributed by atoms with van der Waals surface area (Å²) in [6, 6.07) is 0. The lowest BCUT2D eigenvalue weighted by Crippen LogP contribution is -2.39. The number of esters is 2. The van der Waals surface area contributed by atoms with E-state index in [1.54, 1.807) is 0 Å². The second-order valence-electron chi connectivity index (χ2n) is 6.75. The van der Waals surface area contributed by atoms with Gasteiger partial charge in [0.2, 0.25) is 0 Å². The molecule has 0 aromatic rings. The van der Waals surface area contributed by atoms with E-state index in [0.717, 1.165) is 25.9 Å². The van der Waals surface area contributed by atoms with Gasteiger partial charge in [-0.2, -0.15) is 0 Å². The van der Waals surface area contributed by atoms with Gasteiger partial charge in [0.1, 0.15) is 12.4 Å². The molecule has 136 valence electrons. The Labute approximate surface area is 145 Å². The fourth-order valence-electron chi connectivity index (χ4n) is 1.92. The Morgan fingerprint density at radius 1 is 0.792 bits per heavy atom. The van der Waals surface area contributed by atoms with Crippen LogP contribution >= 0.6 is 0 Å². The second kappa shape index (κ2) is 10.8. The second-order valence-corrected chi connectivity index (χ2v) is 6.75. The Kier molecular flexibility index (Phi) is 9.92. The average molecular weight is 340 g/mol. The zero-order valence-corrected chi connectivity index (χ0v) is 15.5. The van der Waals surface area contributed by atoms with Crippen LogP contribution in [0.3, 0.4) is 0 Å². The Balaban J connectivity index is 4.19. The van der Waals surface area contributed by atoms with Crippen molar-refractivity contribution in [3.63, 3.8) is 0 Å². The quantitative estimate of drug-likeness (QED) is 0.235. The monoisotopic (exact) mass is 340 g/mol. The van der Waals surface area contributed by atoms with E-state index in [1.165, 1.54) is 12.2 Å². The molecular formula is C18H32N2O4+2. The van der Waals surface area contributed by atoms with Gasteiger partial charge in [-0.15, -0.1) is 0 Å². The summed E-state index contributed by atoms with van der Waals surface area (Å²) in [4.78, 5) is 22.0. The van der Waals surface area contributed by atoms with Crippen molar-refractivity contribution in [3.05, 3.63) is 37.7 Å². The molecule has 24 heavy (non-hydrogen) atoms. The zero-order chi connectivity index (χ0) is 18.6. The maximum Gasteiger partial charge on any atom is 0.330 e.